The van der Waals surface area contributed by atoms with Gasteiger partial charge in [0.15, 0.2) is 0 Å². The third-order valence-electron chi connectivity index (χ3n) is 3.41. The van der Waals surface area contributed by atoms with E-state index >= 15 is 0 Å². The molecular formula is C10H16N2O3. The molecule has 0 aliphatic carbocycles. The molecule has 2 rings (SSSR count). The minimum atomic E-state index is -0.903. The maximum Gasteiger partial charge on any atom is 0.326 e. The van der Waals surface area contributed by atoms with E-state index < -0.39 is 18.1 Å². The van der Waals surface area contributed by atoms with Gasteiger partial charge in [-0.05, 0) is 32.1 Å². The van der Waals surface area contributed by atoms with Crippen molar-refractivity contribution in [3.63, 3.8) is 0 Å². The van der Waals surface area contributed by atoms with Gasteiger partial charge in [0.25, 0.3) is 0 Å². The van der Waals surface area contributed by atoms with Crippen LogP contribution in [0, 0.1) is 0 Å². The summed E-state index contributed by atoms with van der Waals surface area (Å²) in [5.41, 5.74) is 5.71. The van der Waals surface area contributed by atoms with Crippen molar-refractivity contribution < 1.29 is 14.7 Å². The molecular weight excluding hydrogens is 196 g/mol. The quantitative estimate of drug-likeness (QED) is 0.638. The predicted octanol–water partition coefficient (Wildman–Crippen LogP) is -0.0582. The molecule has 15 heavy (non-hydrogen) atoms. The van der Waals surface area contributed by atoms with Crippen LogP contribution in [-0.2, 0) is 9.59 Å². The number of carbonyl (C=O) groups is 2. The van der Waals surface area contributed by atoms with Crippen LogP contribution in [0.5, 0.6) is 0 Å². The Kier molecular flexibility index (Phi) is 2.65. The molecule has 0 aromatic carbocycles. The Bertz CT molecular complexity index is 292. The summed E-state index contributed by atoms with van der Waals surface area (Å²) in [5, 5.41) is 9.01. The van der Waals surface area contributed by atoms with Crippen molar-refractivity contribution in [2.75, 3.05) is 0 Å². The molecule has 0 aromatic rings. The van der Waals surface area contributed by atoms with E-state index in [4.69, 9.17) is 10.8 Å². The summed E-state index contributed by atoms with van der Waals surface area (Å²) >= 11 is 0. The largest absolute Gasteiger partial charge is 0.480 e. The average Bonchev–Trinajstić information content (AvgIpc) is 2.55. The summed E-state index contributed by atoms with van der Waals surface area (Å²) in [6.45, 7) is 0. The fourth-order valence-electron chi connectivity index (χ4n) is 2.63. The van der Waals surface area contributed by atoms with E-state index in [9.17, 15) is 9.59 Å². The number of nitrogens with two attached hydrogens (primary N) is 1. The Morgan fingerprint density at radius 3 is 2.73 bits per heavy atom. The van der Waals surface area contributed by atoms with E-state index in [-0.39, 0.29) is 11.9 Å². The van der Waals surface area contributed by atoms with Gasteiger partial charge in [0.05, 0.1) is 6.04 Å². The number of aliphatic carboxylic acids is 1. The van der Waals surface area contributed by atoms with Gasteiger partial charge in [-0.25, -0.2) is 4.79 Å². The molecule has 5 nitrogen and oxygen atoms in total. The molecule has 2 aliphatic heterocycles. The van der Waals surface area contributed by atoms with Crippen molar-refractivity contribution in [3.8, 4) is 0 Å². The first kappa shape index (κ1) is 10.4. The highest BCUT2D eigenvalue weighted by molar-refractivity contribution is 5.88. The minimum absolute atomic E-state index is 0.104. The van der Waals surface area contributed by atoms with E-state index in [0.717, 1.165) is 19.3 Å². The first-order valence-electron chi connectivity index (χ1n) is 5.42. The highest BCUT2D eigenvalue weighted by atomic mass is 16.4. The number of carboxylic acids is 1. The maximum absolute atomic E-state index is 11.9. The summed E-state index contributed by atoms with van der Waals surface area (Å²) in [6.07, 6.45) is 3.86. The number of hydrogen-bond donors (Lipinski definition) is 2. The lowest BCUT2D eigenvalue weighted by molar-refractivity contribution is -0.149. The van der Waals surface area contributed by atoms with Crippen LogP contribution in [0.1, 0.15) is 32.1 Å². The second kappa shape index (κ2) is 3.81. The van der Waals surface area contributed by atoms with Crippen LogP contribution in [0.2, 0.25) is 0 Å². The Balaban J connectivity index is 2.23. The molecule has 5 heteroatoms. The van der Waals surface area contributed by atoms with Gasteiger partial charge in [-0.15, -0.1) is 0 Å². The number of nitrogens with zero attached hydrogens (tertiary/aromatic N) is 1. The van der Waals surface area contributed by atoms with Crippen LogP contribution in [-0.4, -0.2) is 40.0 Å². The second-order valence-electron chi connectivity index (χ2n) is 4.37. The van der Waals surface area contributed by atoms with Crippen LogP contribution in [0.25, 0.3) is 0 Å². The van der Waals surface area contributed by atoms with Crippen LogP contribution < -0.4 is 5.73 Å². The molecule has 0 bridgehead atoms. The van der Waals surface area contributed by atoms with Gasteiger partial charge >= 0.3 is 5.97 Å². The number of fused-ring (bicyclic) bond motifs is 1. The van der Waals surface area contributed by atoms with Crippen LogP contribution in [0.15, 0.2) is 0 Å². The predicted molar refractivity (Wildman–Crippen MR) is 53.1 cm³/mol. The van der Waals surface area contributed by atoms with Crippen molar-refractivity contribution in [2.24, 2.45) is 5.73 Å². The molecule has 1 unspecified atom stereocenters. The van der Waals surface area contributed by atoms with Gasteiger partial charge in [-0.2, -0.15) is 0 Å². The molecule has 2 aliphatic rings. The monoisotopic (exact) mass is 212 g/mol. The summed E-state index contributed by atoms with van der Waals surface area (Å²) in [5.74, 6) is -1.08. The summed E-state index contributed by atoms with van der Waals surface area (Å²) in [4.78, 5) is 24.4. The number of carbonyl (C=O) groups excluding carboxylic acids is 1. The lowest BCUT2D eigenvalue weighted by atomic mass is 10.1. The fourth-order valence-corrected chi connectivity index (χ4v) is 2.63. The zero-order valence-electron chi connectivity index (χ0n) is 8.56. The molecule has 2 saturated heterocycles. The molecule has 3 atom stereocenters. The number of hydrogen-bond acceptors (Lipinski definition) is 3. The van der Waals surface area contributed by atoms with E-state index in [1.165, 1.54) is 4.90 Å². The molecule has 0 aromatic heterocycles. The second-order valence-corrected chi connectivity index (χ2v) is 4.37. The van der Waals surface area contributed by atoms with Crippen molar-refractivity contribution in [1.82, 2.24) is 4.90 Å². The Labute approximate surface area is 88.2 Å². The minimum Gasteiger partial charge on any atom is -0.480 e. The molecule has 2 fully saturated rings. The van der Waals surface area contributed by atoms with Gasteiger partial charge in [-0.3, -0.25) is 4.79 Å². The zero-order valence-corrected chi connectivity index (χ0v) is 8.56. The molecule has 2 heterocycles. The molecule has 0 saturated carbocycles. The fraction of sp³-hybridized carbons (Fsp3) is 0.800. The first-order valence-corrected chi connectivity index (χ1v) is 5.42. The average molecular weight is 212 g/mol. The Morgan fingerprint density at radius 2 is 2.07 bits per heavy atom. The number of rotatable bonds is 1. The lowest BCUT2D eigenvalue weighted by Crippen LogP contribution is -2.50. The topological polar surface area (TPSA) is 83.6 Å². The zero-order chi connectivity index (χ0) is 11.0. The highest BCUT2D eigenvalue weighted by Gasteiger charge is 2.43. The molecule has 1 amide bonds. The van der Waals surface area contributed by atoms with Gasteiger partial charge in [0.2, 0.25) is 5.91 Å². The first-order chi connectivity index (χ1) is 7.11. The molecule has 3 N–H and O–H groups in total. The standard InChI is InChI=1S/C10H16N2O3/c11-7-3-1-2-6-4-5-8(10(14)15)12(6)9(7)13/h6-8H,1-5,11H2,(H,14,15)/t6?,7-,8-/m0/s1. The van der Waals surface area contributed by atoms with Crippen LogP contribution in [0.4, 0.5) is 0 Å². The smallest absolute Gasteiger partial charge is 0.326 e. The number of amides is 1. The van der Waals surface area contributed by atoms with Crippen LogP contribution >= 0.6 is 0 Å². The Hall–Kier alpha value is -1.10. The van der Waals surface area contributed by atoms with Crippen molar-refractivity contribution in [3.05, 3.63) is 0 Å². The van der Waals surface area contributed by atoms with E-state index in [1.54, 1.807) is 0 Å². The maximum atomic E-state index is 11.9. The third kappa shape index (κ3) is 1.71. The highest BCUT2D eigenvalue weighted by Crippen LogP contribution is 2.31. The SMILES string of the molecule is N[C@H]1CCCC2CC[C@@H](C(=O)O)N2C1=O. The van der Waals surface area contributed by atoms with E-state index in [2.05, 4.69) is 0 Å². The normalized spacial score (nSPS) is 36.2. The van der Waals surface area contributed by atoms with Crippen LogP contribution in [0.3, 0.4) is 0 Å². The number of carboxylic acid groups (broad SMARTS) is 1. The van der Waals surface area contributed by atoms with Gasteiger partial charge in [-0.1, -0.05) is 0 Å². The lowest BCUT2D eigenvalue weighted by Gasteiger charge is -2.27. The third-order valence-corrected chi connectivity index (χ3v) is 3.41. The Morgan fingerprint density at radius 1 is 1.33 bits per heavy atom. The van der Waals surface area contributed by atoms with E-state index in [0.29, 0.717) is 12.8 Å². The van der Waals surface area contributed by atoms with Gasteiger partial charge in [0, 0.05) is 6.04 Å². The van der Waals surface area contributed by atoms with Crippen molar-refractivity contribution >= 4 is 11.9 Å². The molecule has 0 spiro atoms. The summed E-state index contributed by atoms with van der Waals surface area (Å²) in [6, 6.07) is -1.05. The molecule has 0 radical (unpaired) electrons. The summed E-state index contributed by atoms with van der Waals surface area (Å²) < 4.78 is 0. The van der Waals surface area contributed by atoms with Gasteiger partial charge in [0.1, 0.15) is 6.04 Å². The van der Waals surface area contributed by atoms with Crippen molar-refractivity contribution in [1.29, 1.82) is 0 Å². The molecule has 84 valence electrons. The summed E-state index contributed by atoms with van der Waals surface area (Å²) in [7, 11) is 0. The van der Waals surface area contributed by atoms with Gasteiger partial charge < -0.3 is 15.7 Å². The van der Waals surface area contributed by atoms with Crippen molar-refractivity contribution in [2.45, 2.75) is 50.2 Å². The van der Waals surface area contributed by atoms with E-state index in [1.807, 2.05) is 0 Å².